The van der Waals surface area contributed by atoms with E-state index in [1.54, 1.807) is 18.2 Å². The summed E-state index contributed by atoms with van der Waals surface area (Å²) in [5.74, 6) is -0.809. The highest BCUT2D eigenvalue weighted by molar-refractivity contribution is 9.10. The van der Waals surface area contributed by atoms with Crippen molar-refractivity contribution in [2.24, 2.45) is 0 Å². The van der Waals surface area contributed by atoms with Crippen LogP contribution in [0.2, 0.25) is 0 Å². The average molecular weight is 512 g/mol. The first-order valence-electron chi connectivity index (χ1n) is 11.1. The summed E-state index contributed by atoms with van der Waals surface area (Å²) in [5, 5.41) is 3.76. The normalized spacial score (nSPS) is 14.0. The number of carbonyl (C=O) groups is 2. The minimum atomic E-state index is -0.463. The molecular formula is C29H22BrNO3. The maximum atomic E-state index is 13.8. The van der Waals surface area contributed by atoms with Crippen molar-refractivity contribution in [1.29, 1.82) is 0 Å². The summed E-state index contributed by atoms with van der Waals surface area (Å²) in [6.07, 6.45) is 7.81. The predicted octanol–water partition coefficient (Wildman–Crippen LogP) is 7.43. The molecule has 1 aromatic heterocycles. The molecule has 0 aliphatic heterocycles. The van der Waals surface area contributed by atoms with Gasteiger partial charge in [-0.3, -0.25) is 9.59 Å². The molecule has 168 valence electrons. The van der Waals surface area contributed by atoms with Gasteiger partial charge in [-0.1, -0.05) is 82.2 Å². The number of hydrogen-bond acceptors (Lipinski definition) is 3. The van der Waals surface area contributed by atoms with Gasteiger partial charge in [0.05, 0.1) is 11.6 Å². The number of furan rings is 1. The number of amides is 1. The van der Waals surface area contributed by atoms with Crippen LogP contribution in [0.1, 0.15) is 40.4 Å². The van der Waals surface area contributed by atoms with Crippen LogP contribution in [0.3, 0.4) is 0 Å². The number of nitrogens with one attached hydrogen (secondary N) is 1. The maximum Gasteiger partial charge on any atom is 0.236 e. The van der Waals surface area contributed by atoms with Crippen molar-refractivity contribution in [3.63, 3.8) is 0 Å². The first-order valence-corrected chi connectivity index (χ1v) is 11.9. The summed E-state index contributed by atoms with van der Waals surface area (Å²) in [6.45, 7) is 0. The molecule has 0 saturated heterocycles. The van der Waals surface area contributed by atoms with E-state index in [0.29, 0.717) is 22.2 Å². The molecule has 1 amide bonds. The van der Waals surface area contributed by atoms with Crippen molar-refractivity contribution in [3.8, 4) is 0 Å². The van der Waals surface area contributed by atoms with Gasteiger partial charge in [0, 0.05) is 15.4 Å². The number of hydrogen-bond donors (Lipinski definition) is 1. The molecule has 5 heteroatoms. The largest absolute Gasteiger partial charge is 0.450 e. The average Bonchev–Trinajstić information content (AvgIpc) is 3.24. The topological polar surface area (TPSA) is 59.3 Å². The van der Waals surface area contributed by atoms with Crippen LogP contribution < -0.4 is 5.32 Å². The Balaban J connectivity index is 1.57. The van der Waals surface area contributed by atoms with E-state index in [1.165, 1.54) is 0 Å². The second kappa shape index (κ2) is 9.65. The molecule has 0 fully saturated rings. The van der Waals surface area contributed by atoms with Crippen molar-refractivity contribution in [2.75, 3.05) is 5.32 Å². The molecule has 4 nitrogen and oxygen atoms in total. The second-order valence-electron chi connectivity index (χ2n) is 8.18. The number of carbonyl (C=O) groups excluding carboxylic acids is 2. The molecule has 1 aliphatic rings. The Hall–Kier alpha value is -3.70. The lowest BCUT2D eigenvalue weighted by atomic mass is 9.85. The molecule has 3 aromatic carbocycles. The fourth-order valence-electron chi connectivity index (χ4n) is 4.30. The van der Waals surface area contributed by atoms with E-state index in [9.17, 15) is 9.59 Å². The molecule has 1 aliphatic carbocycles. The summed E-state index contributed by atoms with van der Waals surface area (Å²) in [4.78, 5) is 27.2. The van der Waals surface area contributed by atoms with Crippen LogP contribution >= 0.6 is 15.9 Å². The SMILES string of the molecule is O=C(c1ccc(Br)cc1)c1oc2ccccc2c1NC(=O)C(C1=CC=CCC1)c1ccccc1. The van der Waals surface area contributed by atoms with Gasteiger partial charge >= 0.3 is 0 Å². The Morgan fingerprint density at radius 3 is 2.38 bits per heavy atom. The van der Waals surface area contributed by atoms with E-state index < -0.39 is 5.92 Å². The molecule has 0 saturated carbocycles. The standard InChI is InChI=1S/C29H22BrNO3/c30-22-17-15-21(16-18-22)27(32)28-26(23-13-7-8-14-24(23)34-28)31-29(33)25(19-9-3-1-4-10-19)20-11-5-2-6-12-20/h1-5,7-11,13-18,25H,6,12H2,(H,31,33). The Morgan fingerprint density at radius 1 is 0.912 bits per heavy atom. The maximum absolute atomic E-state index is 13.8. The Morgan fingerprint density at radius 2 is 1.65 bits per heavy atom. The number of rotatable bonds is 6. The van der Waals surface area contributed by atoms with Gasteiger partial charge in [-0.05, 0) is 54.8 Å². The molecular weight excluding hydrogens is 490 g/mol. The van der Waals surface area contributed by atoms with Crippen LogP contribution in [0, 0.1) is 0 Å². The Kier molecular flexibility index (Phi) is 6.28. The number of allylic oxidation sites excluding steroid dienone is 3. The van der Waals surface area contributed by atoms with Crippen LogP contribution in [0.5, 0.6) is 0 Å². The van der Waals surface area contributed by atoms with Crippen LogP contribution in [-0.2, 0) is 4.79 Å². The molecule has 0 radical (unpaired) electrons. The smallest absolute Gasteiger partial charge is 0.236 e. The summed E-state index contributed by atoms with van der Waals surface area (Å²) < 4.78 is 6.85. The molecule has 1 unspecified atom stereocenters. The van der Waals surface area contributed by atoms with Crippen molar-refractivity contribution in [2.45, 2.75) is 18.8 Å². The van der Waals surface area contributed by atoms with Crippen LogP contribution in [-0.4, -0.2) is 11.7 Å². The minimum Gasteiger partial charge on any atom is -0.450 e. The second-order valence-corrected chi connectivity index (χ2v) is 9.10. The van der Waals surface area contributed by atoms with Crippen molar-refractivity contribution in [1.82, 2.24) is 0 Å². The van der Waals surface area contributed by atoms with E-state index in [-0.39, 0.29) is 17.5 Å². The molecule has 4 aromatic rings. The number of fused-ring (bicyclic) bond motifs is 1. The predicted molar refractivity (Wildman–Crippen MR) is 138 cm³/mol. The number of benzene rings is 3. The van der Waals surface area contributed by atoms with Gasteiger partial charge in [-0.2, -0.15) is 0 Å². The van der Waals surface area contributed by atoms with Crippen molar-refractivity contribution >= 4 is 44.3 Å². The van der Waals surface area contributed by atoms with E-state index in [4.69, 9.17) is 4.42 Å². The third kappa shape index (κ3) is 4.39. The fourth-order valence-corrected chi connectivity index (χ4v) is 4.56. The zero-order valence-electron chi connectivity index (χ0n) is 18.3. The van der Waals surface area contributed by atoms with E-state index >= 15 is 0 Å². The first kappa shape index (κ1) is 22.1. The van der Waals surface area contributed by atoms with Crippen LogP contribution in [0.25, 0.3) is 11.0 Å². The van der Waals surface area contributed by atoms with Gasteiger partial charge in [-0.15, -0.1) is 0 Å². The minimum absolute atomic E-state index is 0.126. The highest BCUT2D eigenvalue weighted by Gasteiger charge is 2.29. The third-order valence-electron chi connectivity index (χ3n) is 5.97. The van der Waals surface area contributed by atoms with Gasteiger partial charge in [0.15, 0.2) is 5.76 Å². The van der Waals surface area contributed by atoms with Crippen molar-refractivity contribution < 1.29 is 14.0 Å². The molecule has 1 atom stereocenters. The summed E-state index contributed by atoms with van der Waals surface area (Å²) in [6, 6.07) is 24.2. The quantitative estimate of drug-likeness (QED) is 0.274. The van der Waals surface area contributed by atoms with Gasteiger partial charge in [0.2, 0.25) is 11.7 Å². The zero-order valence-corrected chi connectivity index (χ0v) is 19.9. The Bertz CT molecular complexity index is 1420. The highest BCUT2D eigenvalue weighted by atomic mass is 79.9. The Labute approximate surface area is 206 Å². The summed E-state index contributed by atoms with van der Waals surface area (Å²) >= 11 is 3.40. The third-order valence-corrected chi connectivity index (χ3v) is 6.50. The highest BCUT2D eigenvalue weighted by Crippen LogP contribution is 2.36. The molecule has 1 N–H and O–H groups in total. The van der Waals surface area contributed by atoms with Gasteiger partial charge in [-0.25, -0.2) is 0 Å². The van der Waals surface area contributed by atoms with Gasteiger partial charge in [0.1, 0.15) is 5.58 Å². The van der Waals surface area contributed by atoms with E-state index in [0.717, 1.165) is 28.5 Å². The van der Waals surface area contributed by atoms with Gasteiger partial charge in [0.25, 0.3) is 0 Å². The monoisotopic (exact) mass is 511 g/mol. The number of para-hydroxylation sites is 1. The summed E-state index contributed by atoms with van der Waals surface area (Å²) in [5.41, 5.74) is 3.39. The zero-order chi connectivity index (χ0) is 23.5. The molecule has 34 heavy (non-hydrogen) atoms. The number of anilines is 1. The van der Waals surface area contributed by atoms with Gasteiger partial charge < -0.3 is 9.73 Å². The lowest BCUT2D eigenvalue weighted by Gasteiger charge is -2.21. The molecule has 5 rings (SSSR count). The van der Waals surface area contributed by atoms with E-state index in [2.05, 4.69) is 27.3 Å². The number of ketones is 1. The van der Waals surface area contributed by atoms with Crippen molar-refractivity contribution in [3.05, 3.63) is 124 Å². The molecule has 0 spiro atoms. The summed E-state index contributed by atoms with van der Waals surface area (Å²) in [7, 11) is 0. The van der Waals surface area contributed by atoms with E-state index in [1.807, 2.05) is 72.8 Å². The molecule has 0 bridgehead atoms. The lowest BCUT2D eigenvalue weighted by Crippen LogP contribution is -2.24. The molecule has 1 heterocycles. The number of halogens is 1. The first-order chi connectivity index (χ1) is 16.6. The fraction of sp³-hybridized carbons (Fsp3) is 0.103. The van der Waals surface area contributed by atoms with Crippen LogP contribution in [0.15, 0.2) is 112 Å². The van der Waals surface area contributed by atoms with Crippen LogP contribution in [0.4, 0.5) is 5.69 Å². The lowest BCUT2D eigenvalue weighted by molar-refractivity contribution is -0.116.